The van der Waals surface area contributed by atoms with Gasteiger partial charge < -0.3 is 5.32 Å². The number of nitrogens with zero attached hydrogens (tertiary/aromatic N) is 1. The molecule has 1 unspecified atom stereocenters. The van der Waals surface area contributed by atoms with Crippen molar-refractivity contribution in [3.05, 3.63) is 41.6 Å². The van der Waals surface area contributed by atoms with E-state index in [4.69, 9.17) is 0 Å². The van der Waals surface area contributed by atoms with Crippen molar-refractivity contribution in [2.75, 3.05) is 7.05 Å². The Morgan fingerprint density at radius 3 is 2.67 bits per heavy atom. The number of hydrogen-bond acceptors (Lipinski definition) is 2. The van der Waals surface area contributed by atoms with Gasteiger partial charge >= 0.3 is 0 Å². The normalized spacial score (nSPS) is 13.2. The molecule has 2 heteroatoms. The van der Waals surface area contributed by atoms with E-state index >= 15 is 0 Å². The molecule has 2 nitrogen and oxygen atoms in total. The molecule has 0 amide bonds. The lowest BCUT2D eigenvalue weighted by Gasteiger charge is -2.18. The van der Waals surface area contributed by atoms with Gasteiger partial charge in [0.05, 0.1) is 5.52 Å². The number of fused-ring (bicyclic) bond motifs is 1. The maximum Gasteiger partial charge on any atom is 0.0705 e. The molecule has 1 aromatic heterocycles. The quantitative estimate of drug-likeness (QED) is 0.884. The van der Waals surface area contributed by atoms with Crippen molar-refractivity contribution in [3.63, 3.8) is 0 Å². The van der Waals surface area contributed by atoms with E-state index in [-0.39, 0.29) is 0 Å². The Labute approximate surface area is 109 Å². The predicted octanol–water partition coefficient (Wildman–Crippen LogP) is 3.71. The lowest BCUT2D eigenvalue weighted by Crippen LogP contribution is -2.15. The number of rotatable bonds is 4. The summed E-state index contributed by atoms with van der Waals surface area (Å²) in [5.74, 6) is 0.668. The number of aromatic nitrogens is 1. The minimum Gasteiger partial charge on any atom is -0.313 e. The highest BCUT2D eigenvalue weighted by molar-refractivity contribution is 5.80. The molecule has 0 aliphatic carbocycles. The van der Waals surface area contributed by atoms with E-state index in [0.717, 1.165) is 11.9 Å². The molecule has 0 fully saturated rings. The molecule has 1 atom stereocenters. The number of benzene rings is 1. The molecule has 96 valence electrons. The van der Waals surface area contributed by atoms with Gasteiger partial charge in [0, 0.05) is 17.6 Å². The largest absolute Gasteiger partial charge is 0.313 e. The molecule has 1 heterocycles. The van der Waals surface area contributed by atoms with Gasteiger partial charge in [-0.15, -0.1) is 0 Å². The smallest absolute Gasteiger partial charge is 0.0705 e. The molecule has 0 saturated carbocycles. The van der Waals surface area contributed by atoms with Crippen LogP contribution in [-0.4, -0.2) is 12.0 Å². The first-order valence-electron chi connectivity index (χ1n) is 6.66. The summed E-state index contributed by atoms with van der Waals surface area (Å²) >= 11 is 0. The third kappa shape index (κ3) is 2.70. The van der Waals surface area contributed by atoms with Crippen molar-refractivity contribution < 1.29 is 0 Å². The predicted molar refractivity (Wildman–Crippen MR) is 77.8 cm³/mol. The fourth-order valence-corrected chi connectivity index (χ4v) is 2.36. The third-order valence-electron chi connectivity index (χ3n) is 3.39. The zero-order chi connectivity index (χ0) is 13.1. The molecule has 2 rings (SSSR count). The average molecular weight is 242 g/mol. The van der Waals surface area contributed by atoms with Crippen molar-refractivity contribution >= 4 is 10.9 Å². The van der Waals surface area contributed by atoms with Gasteiger partial charge in [-0.1, -0.05) is 19.9 Å². The van der Waals surface area contributed by atoms with Crippen LogP contribution < -0.4 is 5.32 Å². The van der Waals surface area contributed by atoms with Gasteiger partial charge in [-0.25, -0.2) is 0 Å². The Kier molecular flexibility index (Phi) is 3.97. The van der Waals surface area contributed by atoms with E-state index in [1.165, 1.54) is 16.5 Å². The van der Waals surface area contributed by atoms with Gasteiger partial charge in [-0.2, -0.15) is 0 Å². The van der Waals surface area contributed by atoms with Crippen molar-refractivity contribution in [2.24, 2.45) is 5.92 Å². The average Bonchev–Trinajstić information content (AvgIpc) is 2.36. The van der Waals surface area contributed by atoms with E-state index in [2.05, 4.69) is 49.3 Å². The fourth-order valence-electron chi connectivity index (χ4n) is 2.36. The Morgan fingerprint density at radius 1 is 1.22 bits per heavy atom. The summed E-state index contributed by atoms with van der Waals surface area (Å²) in [6.45, 7) is 6.73. The molecule has 0 spiro atoms. The maximum atomic E-state index is 4.45. The lowest BCUT2D eigenvalue weighted by atomic mass is 9.93. The summed E-state index contributed by atoms with van der Waals surface area (Å²) in [6.07, 6.45) is 2.98. The van der Waals surface area contributed by atoms with E-state index < -0.39 is 0 Å². The second-order valence-electron chi connectivity index (χ2n) is 5.36. The highest BCUT2D eigenvalue weighted by atomic mass is 14.9. The second kappa shape index (κ2) is 5.49. The van der Waals surface area contributed by atoms with Crippen molar-refractivity contribution in [1.29, 1.82) is 0 Å². The lowest BCUT2D eigenvalue weighted by molar-refractivity contribution is 0.611. The van der Waals surface area contributed by atoms with E-state index in [1.54, 1.807) is 0 Å². The first kappa shape index (κ1) is 13.0. The molecule has 0 radical (unpaired) electrons. The molecule has 1 aromatic carbocycles. The standard InChI is InChI=1S/C16H22N2/c1-11(2)8-14-9-13-6-5-7-18-16(13)10-15(14)12(3)17-4/h5-7,9-12,17H,8H2,1-4H3. The summed E-state index contributed by atoms with van der Waals surface area (Å²) in [5, 5.41) is 4.57. The van der Waals surface area contributed by atoms with Gasteiger partial charge in [0.1, 0.15) is 0 Å². The van der Waals surface area contributed by atoms with Crippen LogP contribution in [0, 0.1) is 5.92 Å². The van der Waals surface area contributed by atoms with Crippen LogP contribution in [0.5, 0.6) is 0 Å². The first-order valence-corrected chi connectivity index (χ1v) is 6.66. The van der Waals surface area contributed by atoms with E-state index in [0.29, 0.717) is 12.0 Å². The summed E-state index contributed by atoms with van der Waals surface area (Å²) in [6, 6.07) is 9.03. The van der Waals surface area contributed by atoms with Crippen LogP contribution in [0.1, 0.15) is 37.9 Å². The van der Waals surface area contributed by atoms with E-state index in [1.807, 2.05) is 19.3 Å². The van der Waals surface area contributed by atoms with Gasteiger partial charge in [-0.3, -0.25) is 4.98 Å². The summed E-state index contributed by atoms with van der Waals surface area (Å²) in [4.78, 5) is 4.45. The van der Waals surface area contributed by atoms with Crippen LogP contribution in [0.3, 0.4) is 0 Å². The molecular formula is C16H22N2. The molecule has 0 saturated heterocycles. The first-order chi connectivity index (χ1) is 8.61. The van der Waals surface area contributed by atoms with Crippen LogP contribution in [0.4, 0.5) is 0 Å². The molecule has 2 aromatic rings. The van der Waals surface area contributed by atoms with Crippen LogP contribution in [0.2, 0.25) is 0 Å². The van der Waals surface area contributed by atoms with Crippen molar-refractivity contribution in [3.8, 4) is 0 Å². The van der Waals surface area contributed by atoms with Crippen LogP contribution in [0.15, 0.2) is 30.5 Å². The maximum absolute atomic E-state index is 4.45. The summed E-state index contributed by atoms with van der Waals surface area (Å²) in [7, 11) is 2.01. The zero-order valence-corrected chi connectivity index (χ0v) is 11.7. The van der Waals surface area contributed by atoms with Crippen LogP contribution in [0.25, 0.3) is 10.9 Å². The van der Waals surface area contributed by atoms with E-state index in [9.17, 15) is 0 Å². The number of nitrogens with one attached hydrogen (secondary N) is 1. The Hall–Kier alpha value is -1.41. The molecule has 0 aliphatic rings. The van der Waals surface area contributed by atoms with Crippen molar-refractivity contribution in [1.82, 2.24) is 10.3 Å². The second-order valence-corrected chi connectivity index (χ2v) is 5.36. The van der Waals surface area contributed by atoms with Gasteiger partial charge in [0.15, 0.2) is 0 Å². The molecule has 18 heavy (non-hydrogen) atoms. The summed E-state index contributed by atoms with van der Waals surface area (Å²) < 4.78 is 0. The molecule has 0 aliphatic heterocycles. The summed E-state index contributed by atoms with van der Waals surface area (Å²) in [5.41, 5.74) is 3.90. The van der Waals surface area contributed by atoms with Crippen molar-refractivity contribution in [2.45, 2.75) is 33.2 Å². The zero-order valence-electron chi connectivity index (χ0n) is 11.7. The highest BCUT2D eigenvalue weighted by Gasteiger charge is 2.12. The minimum atomic E-state index is 0.366. The monoisotopic (exact) mass is 242 g/mol. The van der Waals surface area contributed by atoms with Gasteiger partial charge in [0.25, 0.3) is 0 Å². The number of hydrogen-bond donors (Lipinski definition) is 1. The van der Waals surface area contributed by atoms with Crippen LogP contribution >= 0.6 is 0 Å². The minimum absolute atomic E-state index is 0.366. The Balaban J connectivity index is 2.56. The van der Waals surface area contributed by atoms with Gasteiger partial charge in [-0.05, 0) is 55.6 Å². The molecular weight excluding hydrogens is 220 g/mol. The van der Waals surface area contributed by atoms with Gasteiger partial charge in [0.2, 0.25) is 0 Å². The Morgan fingerprint density at radius 2 is 2.00 bits per heavy atom. The Bertz CT molecular complexity index is 532. The highest BCUT2D eigenvalue weighted by Crippen LogP contribution is 2.25. The molecule has 0 bridgehead atoms. The topological polar surface area (TPSA) is 24.9 Å². The SMILES string of the molecule is CNC(C)c1cc2ncccc2cc1CC(C)C. The molecule has 1 N–H and O–H groups in total. The number of pyridine rings is 1. The van der Waals surface area contributed by atoms with Crippen LogP contribution in [-0.2, 0) is 6.42 Å². The third-order valence-corrected chi connectivity index (χ3v) is 3.39. The fraction of sp³-hybridized carbons (Fsp3) is 0.438.